The molecule has 12 heavy (non-hydrogen) atoms. The van der Waals surface area contributed by atoms with Crippen LogP contribution < -0.4 is 11.1 Å². The summed E-state index contributed by atoms with van der Waals surface area (Å²) in [4.78, 5) is 10.9. The van der Waals surface area contributed by atoms with Crippen LogP contribution in [0.5, 0.6) is 0 Å². The van der Waals surface area contributed by atoms with E-state index in [0.717, 1.165) is 13.0 Å². The van der Waals surface area contributed by atoms with E-state index in [1.807, 2.05) is 0 Å². The Balaban J connectivity index is 2.46. The molecule has 0 bridgehead atoms. The second-order valence-corrected chi connectivity index (χ2v) is 3.94. The number of nitrogens with two attached hydrogens (primary N) is 1. The summed E-state index contributed by atoms with van der Waals surface area (Å²) in [5.74, 6) is 1.11. The number of carbonyl (C=O) groups excluding carboxylic acids is 1. The van der Waals surface area contributed by atoms with Crippen molar-refractivity contribution in [2.45, 2.75) is 32.7 Å². The molecule has 2 unspecified atom stereocenters. The molecule has 70 valence electrons. The number of amides is 1. The van der Waals surface area contributed by atoms with Crippen LogP contribution in [0.25, 0.3) is 0 Å². The molecule has 0 saturated carbocycles. The maximum absolute atomic E-state index is 10.9. The van der Waals surface area contributed by atoms with Crippen molar-refractivity contribution in [3.63, 3.8) is 0 Å². The van der Waals surface area contributed by atoms with Crippen LogP contribution in [-0.4, -0.2) is 18.5 Å². The van der Waals surface area contributed by atoms with Crippen molar-refractivity contribution in [3.05, 3.63) is 0 Å². The molecule has 1 aliphatic rings. The van der Waals surface area contributed by atoms with Gasteiger partial charge in [-0.05, 0) is 31.2 Å². The monoisotopic (exact) mass is 170 g/mol. The van der Waals surface area contributed by atoms with Gasteiger partial charge in [-0.15, -0.1) is 0 Å². The van der Waals surface area contributed by atoms with Gasteiger partial charge in [-0.3, -0.25) is 4.79 Å². The number of nitrogens with one attached hydrogen (secondary N) is 1. The molecule has 0 aliphatic carbocycles. The lowest BCUT2D eigenvalue weighted by molar-refractivity contribution is -0.121. The zero-order chi connectivity index (χ0) is 9.14. The maximum Gasteiger partial charge on any atom is 0.234 e. The number of carbonyl (C=O) groups is 1. The fourth-order valence-corrected chi connectivity index (χ4v) is 1.77. The second-order valence-electron chi connectivity index (χ2n) is 3.94. The van der Waals surface area contributed by atoms with E-state index in [1.54, 1.807) is 0 Å². The van der Waals surface area contributed by atoms with E-state index in [2.05, 4.69) is 19.2 Å². The van der Waals surface area contributed by atoms with Gasteiger partial charge >= 0.3 is 0 Å². The van der Waals surface area contributed by atoms with Gasteiger partial charge in [0.05, 0.1) is 6.04 Å². The minimum absolute atomic E-state index is 0.0915. The standard InChI is InChI=1S/C9H18N2O/c1-6(2)7-3-4-11-8(5-7)9(10)12/h6-8,11H,3-5H2,1-2H3,(H2,10,12). The Kier molecular flexibility index (Phi) is 3.09. The van der Waals surface area contributed by atoms with Crippen LogP contribution >= 0.6 is 0 Å². The Morgan fingerprint density at radius 3 is 2.75 bits per heavy atom. The fourth-order valence-electron chi connectivity index (χ4n) is 1.77. The average Bonchev–Trinajstić information content (AvgIpc) is 2.04. The number of primary amides is 1. The first-order valence-electron chi connectivity index (χ1n) is 4.64. The SMILES string of the molecule is CC(C)C1CCNC(C(N)=O)C1. The first-order valence-corrected chi connectivity index (χ1v) is 4.64. The Bertz CT molecular complexity index is 168. The van der Waals surface area contributed by atoms with E-state index in [9.17, 15) is 4.79 Å². The first kappa shape index (κ1) is 9.52. The normalized spacial score (nSPS) is 30.6. The third kappa shape index (κ3) is 2.21. The quantitative estimate of drug-likeness (QED) is 0.634. The van der Waals surface area contributed by atoms with E-state index in [0.29, 0.717) is 11.8 Å². The second kappa shape index (κ2) is 3.90. The summed E-state index contributed by atoms with van der Waals surface area (Å²) in [6, 6.07) is -0.0915. The summed E-state index contributed by atoms with van der Waals surface area (Å²) in [6.45, 7) is 5.33. The predicted octanol–water partition coefficient (Wildman–Crippen LogP) is 0.496. The largest absolute Gasteiger partial charge is 0.368 e. The molecular weight excluding hydrogens is 152 g/mol. The highest BCUT2D eigenvalue weighted by Crippen LogP contribution is 2.23. The molecule has 3 heteroatoms. The third-order valence-corrected chi connectivity index (χ3v) is 2.73. The molecule has 1 amide bonds. The van der Waals surface area contributed by atoms with Crippen molar-refractivity contribution in [1.82, 2.24) is 5.32 Å². The Hall–Kier alpha value is -0.570. The van der Waals surface area contributed by atoms with Crippen LogP contribution in [-0.2, 0) is 4.79 Å². The molecule has 0 radical (unpaired) electrons. The van der Waals surface area contributed by atoms with Crippen molar-refractivity contribution in [2.24, 2.45) is 17.6 Å². The summed E-state index contributed by atoms with van der Waals surface area (Å²) < 4.78 is 0. The van der Waals surface area contributed by atoms with Gasteiger partial charge in [0.15, 0.2) is 0 Å². The Morgan fingerprint density at radius 1 is 1.58 bits per heavy atom. The zero-order valence-corrected chi connectivity index (χ0v) is 7.84. The van der Waals surface area contributed by atoms with Gasteiger partial charge in [0.2, 0.25) is 5.91 Å². The zero-order valence-electron chi connectivity index (χ0n) is 7.84. The maximum atomic E-state index is 10.9. The first-order chi connectivity index (χ1) is 5.61. The van der Waals surface area contributed by atoms with Gasteiger partial charge in [0.1, 0.15) is 0 Å². The van der Waals surface area contributed by atoms with Crippen molar-refractivity contribution in [1.29, 1.82) is 0 Å². The van der Waals surface area contributed by atoms with Crippen LogP contribution in [0, 0.1) is 11.8 Å². The van der Waals surface area contributed by atoms with Crippen LogP contribution in [0.2, 0.25) is 0 Å². The van der Waals surface area contributed by atoms with Gasteiger partial charge in [0, 0.05) is 0 Å². The Labute approximate surface area is 73.7 Å². The fraction of sp³-hybridized carbons (Fsp3) is 0.889. The van der Waals surface area contributed by atoms with Crippen molar-refractivity contribution >= 4 is 5.91 Å². The average molecular weight is 170 g/mol. The summed E-state index contributed by atoms with van der Waals surface area (Å²) in [6.07, 6.45) is 2.08. The van der Waals surface area contributed by atoms with Gasteiger partial charge in [-0.25, -0.2) is 0 Å². The van der Waals surface area contributed by atoms with E-state index >= 15 is 0 Å². The van der Waals surface area contributed by atoms with Crippen LogP contribution in [0.15, 0.2) is 0 Å². The van der Waals surface area contributed by atoms with Crippen molar-refractivity contribution < 1.29 is 4.79 Å². The molecule has 1 fully saturated rings. The third-order valence-electron chi connectivity index (χ3n) is 2.73. The predicted molar refractivity (Wildman–Crippen MR) is 48.5 cm³/mol. The summed E-state index contributed by atoms with van der Waals surface area (Å²) in [5.41, 5.74) is 5.23. The lowest BCUT2D eigenvalue weighted by Crippen LogP contribution is -2.47. The number of rotatable bonds is 2. The molecular formula is C9H18N2O. The molecule has 0 aromatic heterocycles. The van der Waals surface area contributed by atoms with Gasteiger partial charge in [-0.2, -0.15) is 0 Å². The van der Waals surface area contributed by atoms with E-state index in [4.69, 9.17) is 5.73 Å². The number of hydrogen-bond acceptors (Lipinski definition) is 2. The molecule has 3 N–H and O–H groups in total. The molecule has 1 heterocycles. The van der Waals surface area contributed by atoms with Gasteiger partial charge in [-0.1, -0.05) is 13.8 Å². The minimum atomic E-state index is -0.208. The van der Waals surface area contributed by atoms with Crippen LogP contribution in [0.4, 0.5) is 0 Å². The van der Waals surface area contributed by atoms with E-state index < -0.39 is 0 Å². The lowest BCUT2D eigenvalue weighted by atomic mass is 9.84. The van der Waals surface area contributed by atoms with Crippen LogP contribution in [0.3, 0.4) is 0 Å². The van der Waals surface area contributed by atoms with Gasteiger partial charge < -0.3 is 11.1 Å². The van der Waals surface area contributed by atoms with E-state index in [1.165, 1.54) is 6.42 Å². The molecule has 0 aromatic rings. The molecule has 1 saturated heterocycles. The smallest absolute Gasteiger partial charge is 0.234 e. The highest BCUT2D eigenvalue weighted by Gasteiger charge is 2.26. The van der Waals surface area contributed by atoms with Crippen molar-refractivity contribution in [3.8, 4) is 0 Å². The Morgan fingerprint density at radius 2 is 2.25 bits per heavy atom. The molecule has 1 rings (SSSR count). The highest BCUT2D eigenvalue weighted by atomic mass is 16.1. The summed E-state index contributed by atoms with van der Waals surface area (Å²) in [5, 5.41) is 3.13. The molecule has 0 spiro atoms. The van der Waals surface area contributed by atoms with Gasteiger partial charge in [0.25, 0.3) is 0 Å². The minimum Gasteiger partial charge on any atom is -0.368 e. The number of piperidine rings is 1. The topological polar surface area (TPSA) is 55.1 Å². The molecule has 2 atom stereocenters. The lowest BCUT2D eigenvalue weighted by Gasteiger charge is -2.30. The number of hydrogen-bond donors (Lipinski definition) is 2. The molecule has 1 aliphatic heterocycles. The highest BCUT2D eigenvalue weighted by molar-refractivity contribution is 5.79. The van der Waals surface area contributed by atoms with E-state index in [-0.39, 0.29) is 11.9 Å². The molecule has 3 nitrogen and oxygen atoms in total. The summed E-state index contributed by atoms with van der Waals surface area (Å²) in [7, 11) is 0. The van der Waals surface area contributed by atoms with Crippen molar-refractivity contribution in [2.75, 3.05) is 6.54 Å². The summed E-state index contributed by atoms with van der Waals surface area (Å²) >= 11 is 0. The van der Waals surface area contributed by atoms with Crippen LogP contribution in [0.1, 0.15) is 26.7 Å². The molecule has 0 aromatic carbocycles.